The molecule has 0 bridgehead atoms. The Morgan fingerprint density at radius 3 is 3.13 bits per heavy atom. The van der Waals surface area contributed by atoms with E-state index < -0.39 is 0 Å². The van der Waals surface area contributed by atoms with Gasteiger partial charge in [0.2, 0.25) is 0 Å². The zero-order chi connectivity index (χ0) is 10.7. The van der Waals surface area contributed by atoms with E-state index in [0.29, 0.717) is 18.1 Å². The first kappa shape index (κ1) is 10.8. The van der Waals surface area contributed by atoms with Crippen LogP contribution in [0.1, 0.15) is 26.7 Å². The van der Waals surface area contributed by atoms with Crippen LogP contribution in [0.15, 0.2) is 6.20 Å². The number of rotatable bonds is 3. The molecular weight excluding hydrogens is 210 g/mol. The van der Waals surface area contributed by atoms with Crippen molar-refractivity contribution >= 4 is 16.5 Å². The lowest BCUT2D eigenvalue weighted by atomic mass is 9.95. The van der Waals surface area contributed by atoms with Gasteiger partial charge in [0.15, 0.2) is 0 Å². The van der Waals surface area contributed by atoms with Crippen molar-refractivity contribution in [2.75, 3.05) is 11.9 Å². The van der Waals surface area contributed by atoms with Gasteiger partial charge < -0.3 is 10.1 Å². The summed E-state index contributed by atoms with van der Waals surface area (Å²) in [7, 11) is 0. The maximum atomic E-state index is 5.72. The maximum Gasteiger partial charge on any atom is 0.130 e. The van der Waals surface area contributed by atoms with Gasteiger partial charge in [0.05, 0.1) is 12.3 Å². The highest BCUT2D eigenvalue weighted by molar-refractivity contribution is 7.09. The van der Waals surface area contributed by atoms with Crippen molar-refractivity contribution in [3.05, 3.63) is 6.20 Å². The van der Waals surface area contributed by atoms with Gasteiger partial charge in [0.25, 0.3) is 0 Å². The smallest absolute Gasteiger partial charge is 0.130 e. The predicted octanol–water partition coefficient (Wildman–Crippen LogP) is 2.15. The van der Waals surface area contributed by atoms with Gasteiger partial charge in [-0.2, -0.15) is 0 Å². The Hall–Kier alpha value is -0.680. The number of anilines is 1. The molecule has 84 valence electrons. The molecule has 0 radical (unpaired) electrons. The summed E-state index contributed by atoms with van der Waals surface area (Å²) in [5.41, 5.74) is 0. The normalized spacial score (nSPS) is 26.9. The number of nitrogens with one attached hydrogen (secondary N) is 1. The van der Waals surface area contributed by atoms with Crippen molar-refractivity contribution in [3.63, 3.8) is 0 Å². The summed E-state index contributed by atoms with van der Waals surface area (Å²) in [6.45, 7) is 5.27. The van der Waals surface area contributed by atoms with Crippen molar-refractivity contribution in [1.29, 1.82) is 0 Å². The van der Waals surface area contributed by atoms with E-state index in [2.05, 4.69) is 28.8 Å². The highest BCUT2D eigenvalue weighted by Gasteiger charge is 2.24. The van der Waals surface area contributed by atoms with Crippen LogP contribution in [0.2, 0.25) is 0 Å². The number of hydrogen-bond acceptors (Lipinski definition) is 5. The molecule has 0 aromatic carbocycles. The molecule has 1 saturated heterocycles. The monoisotopic (exact) mass is 227 g/mol. The second-order valence-electron chi connectivity index (χ2n) is 4.30. The Kier molecular flexibility index (Phi) is 3.53. The van der Waals surface area contributed by atoms with Crippen molar-refractivity contribution < 1.29 is 4.74 Å². The number of nitrogens with zero attached hydrogens (tertiary/aromatic N) is 2. The fraction of sp³-hybridized carbons (Fsp3) is 0.800. The van der Waals surface area contributed by atoms with E-state index in [1.807, 2.05) is 0 Å². The van der Waals surface area contributed by atoms with Crippen LogP contribution in [0.4, 0.5) is 5.00 Å². The van der Waals surface area contributed by atoms with Gasteiger partial charge in [-0.1, -0.05) is 18.3 Å². The minimum atomic E-state index is 0.386. The molecule has 1 aromatic rings. The summed E-state index contributed by atoms with van der Waals surface area (Å²) >= 11 is 1.41. The van der Waals surface area contributed by atoms with Crippen molar-refractivity contribution in [2.45, 2.75) is 38.8 Å². The molecule has 1 fully saturated rings. The zero-order valence-electron chi connectivity index (χ0n) is 9.14. The van der Waals surface area contributed by atoms with E-state index in [4.69, 9.17) is 4.74 Å². The van der Waals surface area contributed by atoms with Crippen LogP contribution < -0.4 is 5.32 Å². The molecule has 5 heteroatoms. The number of ether oxygens (including phenoxy) is 1. The summed E-state index contributed by atoms with van der Waals surface area (Å²) in [5.74, 6) is 0.592. The van der Waals surface area contributed by atoms with Crippen LogP contribution in [-0.4, -0.2) is 28.3 Å². The third kappa shape index (κ3) is 2.89. The van der Waals surface area contributed by atoms with Gasteiger partial charge in [-0.05, 0) is 18.8 Å². The quantitative estimate of drug-likeness (QED) is 0.859. The molecule has 0 saturated carbocycles. The molecular formula is C10H17N3OS. The third-order valence-corrected chi connectivity index (χ3v) is 3.36. The van der Waals surface area contributed by atoms with Crippen LogP contribution in [0.3, 0.4) is 0 Å². The topological polar surface area (TPSA) is 47.0 Å². The average Bonchev–Trinajstić information content (AvgIpc) is 2.71. The van der Waals surface area contributed by atoms with Crippen LogP contribution >= 0.6 is 11.5 Å². The number of hydrogen-bond donors (Lipinski definition) is 1. The van der Waals surface area contributed by atoms with Crippen LogP contribution in [0, 0.1) is 5.92 Å². The van der Waals surface area contributed by atoms with E-state index in [1.165, 1.54) is 11.5 Å². The Labute approximate surface area is 94.2 Å². The molecule has 1 N–H and O–H groups in total. The molecule has 0 aliphatic carbocycles. The standard InChI is InChI=1S/C10H17N3OS/c1-7(2)9-5-8(3-4-14-9)12-10-6-11-13-15-10/h6-9,12H,3-5H2,1-2H3. The van der Waals surface area contributed by atoms with Gasteiger partial charge in [-0.15, -0.1) is 5.10 Å². The molecule has 0 spiro atoms. The Balaban J connectivity index is 1.88. The van der Waals surface area contributed by atoms with E-state index >= 15 is 0 Å². The average molecular weight is 227 g/mol. The fourth-order valence-electron chi connectivity index (χ4n) is 1.86. The lowest BCUT2D eigenvalue weighted by Crippen LogP contribution is -2.36. The SMILES string of the molecule is CC(C)C1CC(Nc2cnns2)CCO1. The molecule has 0 amide bonds. The highest BCUT2D eigenvalue weighted by atomic mass is 32.1. The third-order valence-electron chi connectivity index (χ3n) is 2.77. The highest BCUT2D eigenvalue weighted by Crippen LogP contribution is 2.23. The van der Waals surface area contributed by atoms with Gasteiger partial charge >= 0.3 is 0 Å². The molecule has 2 heterocycles. The molecule has 1 aromatic heterocycles. The van der Waals surface area contributed by atoms with Gasteiger partial charge in [0.1, 0.15) is 5.00 Å². The van der Waals surface area contributed by atoms with Crippen molar-refractivity contribution in [3.8, 4) is 0 Å². The minimum absolute atomic E-state index is 0.386. The molecule has 2 rings (SSSR count). The Morgan fingerprint density at radius 1 is 1.60 bits per heavy atom. The predicted molar refractivity (Wildman–Crippen MR) is 61.1 cm³/mol. The second-order valence-corrected chi connectivity index (χ2v) is 5.09. The van der Waals surface area contributed by atoms with Crippen LogP contribution in [-0.2, 0) is 4.74 Å². The van der Waals surface area contributed by atoms with Crippen molar-refractivity contribution in [1.82, 2.24) is 9.59 Å². The Bertz CT molecular complexity index is 289. The summed E-state index contributed by atoms with van der Waals surface area (Å²) in [5, 5.41) is 8.34. The largest absolute Gasteiger partial charge is 0.378 e. The van der Waals surface area contributed by atoms with Gasteiger partial charge in [-0.3, -0.25) is 0 Å². The Morgan fingerprint density at radius 2 is 2.47 bits per heavy atom. The van der Waals surface area contributed by atoms with Crippen LogP contribution in [0.5, 0.6) is 0 Å². The van der Waals surface area contributed by atoms with Crippen LogP contribution in [0.25, 0.3) is 0 Å². The summed E-state index contributed by atoms with van der Waals surface area (Å²) < 4.78 is 9.56. The van der Waals surface area contributed by atoms with Gasteiger partial charge in [0, 0.05) is 24.2 Å². The van der Waals surface area contributed by atoms with Crippen molar-refractivity contribution in [2.24, 2.45) is 5.92 Å². The van der Waals surface area contributed by atoms with E-state index in [1.54, 1.807) is 6.20 Å². The summed E-state index contributed by atoms with van der Waals surface area (Å²) in [6.07, 6.45) is 4.32. The molecule has 2 unspecified atom stereocenters. The minimum Gasteiger partial charge on any atom is -0.378 e. The molecule has 2 atom stereocenters. The molecule has 4 nitrogen and oxygen atoms in total. The lowest BCUT2D eigenvalue weighted by Gasteiger charge is -2.32. The fourth-order valence-corrected chi connectivity index (χ4v) is 2.35. The van der Waals surface area contributed by atoms with E-state index in [9.17, 15) is 0 Å². The first-order valence-electron chi connectivity index (χ1n) is 5.41. The van der Waals surface area contributed by atoms with E-state index in [0.717, 1.165) is 24.4 Å². The second kappa shape index (κ2) is 4.90. The molecule has 15 heavy (non-hydrogen) atoms. The summed E-state index contributed by atoms with van der Waals surface area (Å²) in [4.78, 5) is 0. The summed E-state index contributed by atoms with van der Waals surface area (Å²) in [6, 6.07) is 0.508. The number of aromatic nitrogens is 2. The van der Waals surface area contributed by atoms with Gasteiger partial charge in [-0.25, -0.2) is 0 Å². The first-order valence-corrected chi connectivity index (χ1v) is 6.18. The lowest BCUT2D eigenvalue weighted by molar-refractivity contribution is -0.0160. The maximum absolute atomic E-state index is 5.72. The molecule has 1 aliphatic rings. The molecule has 1 aliphatic heterocycles. The van der Waals surface area contributed by atoms with E-state index in [-0.39, 0.29) is 0 Å². The zero-order valence-corrected chi connectivity index (χ0v) is 9.96. The first-order chi connectivity index (χ1) is 7.25.